The molecule has 0 unspecified atom stereocenters. The third-order valence-electron chi connectivity index (χ3n) is 2.35. The van der Waals surface area contributed by atoms with Gasteiger partial charge in [-0.15, -0.1) is 0 Å². The molecule has 0 spiro atoms. The molecule has 1 aromatic heterocycles. The number of aryl methyl sites for hydroxylation is 1. The fraction of sp³-hybridized carbons (Fsp3) is 0.182. The first-order valence-electron chi connectivity index (χ1n) is 4.80. The maximum absolute atomic E-state index is 13.4. The Morgan fingerprint density at radius 2 is 1.94 bits per heavy atom. The normalized spacial score (nSPS) is 10.8. The lowest BCUT2D eigenvalue weighted by atomic mass is 10.1. The first-order valence-corrected chi connectivity index (χ1v) is 4.80. The summed E-state index contributed by atoms with van der Waals surface area (Å²) in [4.78, 5) is 0. The van der Waals surface area contributed by atoms with E-state index in [1.54, 1.807) is 24.0 Å². The van der Waals surface area contributed by atoms with Gasteiger partial charge in [0, 0.05) is 30.9 Å². The molecular formula is C11H11F2N3. The number of rotatable bonds is 2. The van der Waals surface area contributed by atoms with Gasteiger partial charge in [-0.05, 0) is 18.2 Å². The highest BCUT2D eigenvalue weighted by molar-refractivity contribution is 5.59. The molecule has 0 radical (unpaired) electrons. The second-order valence-corrected chi connectivity index (χ2v) is 3.50. The molecule has 0 aliphatic rings. The van der Waals surface area contributed by atoms with Crippen LogP contribution in [0.15, 0.2) is 24.4 Å². The van der Waals surface area contributed by atoms with Crippen LogP contribution in [0, 0.1) is 11.6 Å². The largest absolute Gasteiger partial charge is 0.326 e. The number of hydrogen-bond donors (Lipinski definition) is 1. The summed E-state index contributed by atoms with van der Waals surface area (Å²) in [7, 11) is 1.74. The minimum absolute atomic E-state index is 0.0975. The lowest BCUT2D eigenvalue weighted by Crippen LogP contribution is -2.03. The molecule has 2 rings (SSSR count). The van der Waals surface area contributed by atoms with E-state index in [2.05, 4.69) is 5.10 Å². The van der Waals surface area contributed by atoms with Crippen molar-refractivity contribution in [2.75, 3.05) is 0 Å². The van der Waals surface area contributed by atoms with E-state index in [1.807, 2.05) is 0 Å². The average Bonchev–Trinajstić information content (AvgIpc) is 2.64. The quantitative estimate of drug-likeness (QED) is 0.844. The van der Waals surface area contributed by atoms with E-state index in [0.717, 1.165) is 0 Å². The molecule has 2 N–H and O–H groups in total. The zero-order valence-corrected chi connectivity index (χ0v) is 8.74. The van der Waals surface area contributed by atoms with Crippen LogP contribution in [0.25, 0.3) is 11.3 Å². The molecule has 3 nitrogen and oxygen atoms in total. The third kappa shape index (κ3) is 1.81. The van der Waals surface area contributed by atoms with Crippen LogP contribution >= 0.6 is 0 Å². The second kappa shape index (κ2) is 4.02. The van der Waals surface area contributed by atoms with Crippen LogP contribution < -0.4 is 5.73 Å². The van der Waals surface area contributed by atoms with Crippen molar-refractivity contribution in [3.05, 3.63) is 41.6 Å². The molecule has 2 aromatic rings. The summed E-state index contributed by atoms with van der Waals surface area (Å²) in [6.45, 7) is -0.153. The fourth-order valence-electron chi connectivity index (χ4n) is 1.51. The number of hydrogen-bond acceptors (Lipinski definition) is 2. The van der Waals surface area contributed by atoms with Crippen LogP contribution in [-0.4, -0.2) is 9.78 Å². The Kier molecular flexibility index (Phi) is 2.70. The molecule has 0 amide bonds. The first kappa shape index (κ1) is 10.8. The fourth-order valence-corrected chi connectivity index (χ4v) is 1.51. The average molecular weight is 223 g/mol. The van der Waals surface area contributed by atoms with Crippen molar-refractivity contribution < 1.29 is 8.78 Å². The van der Waals surface area contributed by atoms with Gasteiger partial charge in [-0.25, -0.2) is 8.78 Å². The van der Waals surface area contributed by atoms with E-state index in [0.29, 0.717) is 11.3 Å². The van der Waals surface area contributed by atoms with E-state index in [9.17, 15) is 8.78 Å². The van der Waals surface area contributed by atoms with E-state index in [-0.39, 0.29) is 12.1 Å². The van der Waals surface area contributed by atoms with Crippen molar-refractivity contribution in [2.45, 2.75) is 6.54 Å². The summed E-state index contributed by atoms with van der Waals surface area (Å²) in [6.07, 6.45) is 1.71. The topological polar surface area (TPSA) is 43.8 Å². The Morgan fingerprint density at radius 3 is 2.38 bits per heavy atom. The van der Waals surface area contributed by atoms with Crippen LogP contribution in [0.3, 0.4) is 0 Å². The Hall–Kier alpha value is -1.75. The third-order valence-corrected chi connectivity index (χ3v) is 2.35. The van der Waals surface area contributed by atoms with Gasteiger partial charge >= 0.3 is 0 Å². The van der Waals surface area contributed by atoms with Crippen molar-refractivity contribution in [3.63, 3.8) is 0 Å². The van der Waals surface area contributed by atoms with Crippen LogP contribution in [0.2, 0.25) is 0 Å². The van der Waals surface area contributed by atoms with Crippen LogP contribution in [0.4, 0.5) is 8.78 Å². The molecule has 84 valence electrons. The van der Waals surface area contributed by atoms with Gasteiger partial charge in [-0.3, -0.25) is 4.68 Å². The van der Waals surface area contributed by atoms with Gasteiger partial charge < -0.3 is 5.73 Å². The highest BCUT2D eigenvalue weighted by Crippen LogP contribution is 2.22. The number of nitrogens with zero attached hydrogens (tertiary/aromatic N) is 2. The molecule has 0 atom stereocenters. The standard InChI is InChI=1S/C11H11F2N3/c1-16-3-2-11(15-16)7-4-9(12)8(6-14)10(13)5-7/h2-5H,6,14H2,1H3. The molecule has 0 aliphatic carbocycles. The van der Waals surface area contributed by atoms with E-state index < -0.39 is 11.6 Å². The van der Waals surface area contributed by atoms with Crippen molar-refractivity contribution in [1.29, 1.82) is 0 Å². The van der Waals surface area contributed by atoms with Gasteiger partial charge in [0.1, 0.15) is 11.6 Å². The van der Waals surface area contributed by atoms with Crippen molar-refractivity contribution in [2.24, 2.45) is 12.8 Å². The van der Waals surface area contributed by atoms with Gasteiger partial charge in [0.2, 0.25) is 0 Å². The van der Waals surface area contributed by atoms with E-state index >= 15 is 0 Å². The number of halogens is 2. The van der Waals surface area contributed by atoms with E-state index in [1.165, 1.54) is 12.1 Å². The van der Waals surface area contributed by atoms with Gasteiger partial charge in [0.05, 0.1) is 5.69 Å². The maximum Gasteiger partial charge on any atom is 0.131 e. The van der Waals surface area contributed by atoms with Gasteiger partial charge in [-0.1, -0.05) is 0 Å². The molecule has 1 heterocycles. The minimum atomic E-state index is -0.636. The highest BCUT2D eigenvalue weighted by atomic mass is 19.1. The van der Waals surface area contributed by atoms with Crippen LogP contribution in [0.5, 0.6) is 0 Å². The highest BCUT2D eigenvalue weighted by Gasteiger charge is 2.11. The number of aromatic nitrogens is 2. The zero-order valence-electron chi connectivity index (χ0n) is 8.74. The Labute approximate surface area is 91.5 Å². The van der Waals surface area contributed by atoms with Crippen molar-refractivity contribution in [1.82, 2.24) is 9.78 Å². The van der Waals surface area contributed by atoms with Crippen LogP contribution in [0.1, 0.15) is 5.56 Å². The Morgan fingerprint density at radius 1 is 1.31 bits per heavy atom. The molecule has 0 bridgehead atoms. The lowest BCUT2D eigenvalue weighted by molar-refractivity contribution is 0.557. The summed E-state index contributed by atoms with van der Waals surface area (Å²) in [5.74, 6) is -1.27. The minimum Gasteiger partial charge on any atom is -0.326 e. The molecule has 0 saturated carbocycles. The Bertz CT molecular complexity index is 497. The Balaban J connectivity index is 2.52. The SMILES string of the molecule is Cn1ccc(-c2cc(F)c(CN)c(F)c2)n1. The summed E-state index contributed by atoms with van der Waals surface area (Å²) < 4.78 is 28.5. The monoisotopic (exact) mass is 223 g/mol. The molecule has 16 heavy (non-hydrogen) atoms. The predicted octanol–water partition coefficient (Wildman–Crippen LogP) is 1.82. The summed E-state index contributed by atoms with van der Waals surface area (Å²) >= 11 is 0. The molecule has 0 fully saturated rings. The number of nitrogens with two attached hydrogens (primary N) is 1. The molecular weight excluding hydrogens is 212 g/mol. The molecule has 0 saturated heterocycles. The lowest BCUT2D eigenvalue weighted by Gasteiger charge is -2.04. The van der Waals surface area contributed by atoms with Gasteiger partial charge in [0.15, 0.2) is 0 Å². The molecule has 0 aliphatic heterocycles. The van der Waals surface area contributed by atoms with Crippen LogP contribution in [-0.2, 0) is 13.6 Å². The van der Waals surface area contributed by atoms with E-state index in [4.69, 9.17) is 5.73 Å². The second-order valence-electron chi connectivity index (χ2n) is 3.50. The first-order chi connectivity index (χ1) is 7.61. The van der Waals surface area contributed by atoms with Gasteiger partial charge in [-0.2, -0.15) is 5.10 Å². The maximum atomic E-state index is 13.4. The van der Waals surface area contributed by atoms with Gasteiger partial charge in [0.25, 0.3) is 0 Å². The van der Waals surface area contributed by atoms with Crippen molar-refractivity contribution >= 4 is 0 Å². The predicted molar refractivity (Wildman–Crippen MR) is 56.5 cm³/mol. The van der Waals surface area contributed by atoms with Crippen molar-refractivity contribution in [3.8, 4) is 11.3 Å². The summed E-state index contributed by atoms with van der Waals surface area (Å²) in [5.41, 5.74) is 6.09. The zero-order chi connectivity index (χ0) is 11.7. The molecule has 1 aromatic carbocycles. The number of benzene rings is 1. The summed E-state index contributed by atoms with van der Waals surface area (Å²) in [5, 5.41) is 4.07. The smallest absolute Gasteiger partial charge is 0.131 e. The summed E-state index contributed by atoms with van der Waals surface area (Å²) in [6, 6.07) is 4.18. The molecule has 5 heteroatoms.